The summed E-state index contributed by atoms with van der Waals surface area (Å²) in [6.07, 6.45) is 6.26. The van der Waals surface area contributed by atoms with Crippen LogP contribution in [0, 0.1) is 5.92 Å². The first kappa shape index (κ1) is 16.4. The van der Waals surface area contributed by atoms with Crippen LogP contribution in [0.1, 0.15) is 18.9 Å². The van der Waals surface area contributed by atoms with Crippen molar-refractivity contribution in [1.29, 1.82) is 0 Å². The van der Waals surface area contributed by atoms with Crippen LogP contribution in [-0.4, -0.2) is 23.3 Å². The number of hydrogen-bond acceptors (Lipinski definition) is 5. The minimum absolute atomic E-state index is 0.0499. The summed E-state index contributed by atoms with van der Waals surface area (Å²) in [6.45, 7) is 1.55. The SMILES string of the molecule is C[C@](N)(C(N)=O)C1=CC([C@@H]2CCc3ccccc3ON2)C(=O)C=C1. The zero-order valence-electron chi connectivity index (χ0n) is 13.5. The molecule has 3 atom stereocenters. The lowest BCUT2D eigenvalue weighted by Gasteiger charge is -2.29. The van der Waals surface area contributed by atoms with E-state index in [0.717, 1.165) is 24.2 Å². The van der Waals surface area contributed by atoms with Gasteiger partial charge in [0.2, 0.25) is 5.91 Å². The van der Waals surface area contributed by atoms with Crippen LogP contribution >= 0.6 is 0 Å². The number of carbonyl (C=O) groups is 2. The molecule has 1 aromatic carbocycles. The maximum atomic E-state index is 12.3. The van der Waals surface area contributed by atoms with E-state index < -0.39 is 17.4 Å². The number of aryl methyl sites for hydroxylation is 1. The first-order chi connectivity index (χ1) is 11.4. The van der Waals surface area contributed by atoms with Crippen LogP contribution in [0.2, 0.25) is 0 Å². The Morgan fingerprint density at radius 1 is 1.33 bits per heavy atom. The molecule has 1 unspecified atom stereocenters. The quantitative estimate of drug-likeness (QED) is 0.760. The second-order valence-electron chi connectivity index (χ2n) is 6.42. The smallest absolute Gasteiger partial charge is 0.241 e. The summed E-state index contributed by atoms with van der Waals surface area (Å²) in [6, 6.07) is 7.54. The summed E-state index contributed by atoms with van der Waals surface area (Å²) in [4.78, 5) is 29.6. The first-order valence-corrected chi connectivity index (χ1v) is 7.93. The third-order valence-electron chi connectivity index (χ3n) is 4.68. The monoisotopic (exact) mass is 327 g/mol. The average molecular weight is 327 g/mol. The number of para-hydroxylation sites is 1. The number of carbonyl (C=O) groups excluding carboxylic acids is 2. The number of ketones is 1. The maximum absolute atomic E-state index is 12.3. The van der Waals surface area contributed by atoms with Crippen molar-refractivity contribution in [2.45, 2.75) is 31.3 Å². The van der Waals surface area contributed by atoms with Crippen LogP contribution in [-0.2, 0) is 16.0 Å². The van der Waals surface area contributed by atoms with Gasteiger partial charge in [0.1, 0.15) is 11.3 Å². The van der Waals surface area contributed by atoms with E-state index in [-0.39, 0.29) is 11.8 Å². The molecular formula is C18H21N3O3. The number of hydrogen-bond donors (Lipinski definition) is 3. The molecule has 0 spiro atoms. The molecule has 2 aliphatic rings. The van der Waals surface area contributed by atoms with Gasteiger partial charge in [0, 0.05) is 0 Å². The van der Waals surface area contributed by atoms with E-state index in [2.05, 4.69) is 5.48 Å². The van der Waals surface area contributed by atoms with Crippen molar-refractivity contribution in [1.82, 2.24) is 5.48 Å². The topological polar surface area (TPSA) is 107 Å². The molecule has 1 amide bonds. The molecule has 6 heteroatoms. The fraction of sp³-hybridized carbons (Fsp3) is 0.333. The van der Waals surface area contributed by atoms with Gasteiger partial charge in [-0.15, -0.1) is 0 Å². The van der Waals surface area contributed by atoms with Crippen LogP contribution in [0.15, 0.2) is 48.1 Å². The van der Waals surface area contributed by atoms with Gasteiger partial charge in [-0.3, -0.25) is 9.59 Å². The fourth-order valence-electron chi connectivity index (χ4n) is 2.99. The summed E-state index contributed by atoms with van der Waals surface area (Å²) in [7, 11) is 0. The number of nitrogens with two attached hydrogens (primary N) is 2. The lowest BCUT2D eigenvalue weighted by Crippen LogP contribution is -2.51. The fourth-order valence-corrected chi connectivity index (χ4v) is 2.99. The van der Waals surface area contributed by atoms with Crippen LogP contribution in [0.3, 0.4) is 0 Å². The number of amides is 1. The summed E-state index contributed by atoms with van der Waals surface area (Å²) >= 11 is 0. The van der Waals surface area contributed by atoms with E-state index >= 15 is 0 Å². The molecule has 1 heterocycles. The van der Waals surface area contributed by atoms with E-state index in [1.165, 1.54) is 6.08 Å². The number of benzene rings is 1. The first-order valence-electron chi connectivity index (χ1n) is 7.93. The molecule has 126 valence electrons. The molecule has 0 bridgehead atoms. The molecule has 0 fully saturated rings. The Bertz CT molecular complexity index is 710. The highest BCUT2D eigenvalue weighted by Crippen LogP contribution is 2.29. The largest absolute Gasteiger partial charge is 0.408 e. The minimum atomic E-state index is -1.32. The lowest BCUT2D eigenvalue weighted by atomic mass is 9.80. The third kappa shape index (κ3) is 2.98. The van der Waals surface area contributed by atoms with E-state index in [1.54, 1.807) is 19.1 Å². The molecule has 0 saturated carbocycles. The number of fused-ring (bicyclic) bond motifs is 1. The molecule has 0 aromatic heterocycles. The summed E-state index contributed by atoms with van der Waals surface area (Å²) in [5.41, 5.74) is 14.7. The second-order valence-corrected chi connectivity index (χ2v) is 6.42. The summed E-state index contributed by atoms with van der Waals surface area (Å²) in [5.74, 6) is -0.375. The zero-order valence-corrected chi connectivity index (χ0v) is 13.5. The van der Waals surface area contributed by atoms with E-state index in [1.807, 2.05) is 24.3 Å². The Balaban J connectivity index is 1.84. The van der Waals surface area contributed by atoms with Gasteiger partial charge >= 0.3 is 0 Å². The average Bonchev–Trinajstić information content (AvgIpc) is 2.77. The molecule has 1 aliphatic heterocycles. The Morgan fingerprint density at radius 2 is 2.08 bits per heavy atom. The molecule has 1 aromatic rings. The molecular weight excluding hydrogens is 306 g/mol. The predicted molar refractivity (Wildman–Crippen MR) is 89.8 cm³/mol. The second kappa shape index (κ2) is 6.22. The summed E-state index contributed by atoms with van der Waals surface area (Å²) < 4.78 is 0. The highest BCUT2D eigenvalue weighted by atomic mass is 16.6. The maximum Gasteiger partial charge on any atom is 0.241 e. The number of allylic oxidation sites excluding steroid dienone is 1. The number of hydroxylamine groups is 1. The third-order valence-corrected chi connectivity index (χ3v) is 4.68. The van der Waals surface area contributed by atoms with Crippen LogP contribution in [0.4, 0.5) is 0 Å². The van der Waals surface area contributed by atoms with Gasteiger partial charge in [0.15, 0.2) is 5.78 Å². The Kier molecular flexibility index (Phi) is 4.26. The molecule has 3 rings (SSSR count). The Morgan fingerprint density at radius 3 is 2.83 bits per heavy atom. The van der Waals surface area contributed by atoms with E-state index in [9.17, 15) is 9.59 Å². The van der Waals surface area contributed by atoms with Gasteiger partial charge in [0.05, 0.1) is 12.0 Å². The number of primary amides is 1. The Labute approximate surface area is 140 Å². The molecule has 0 saturated heterocycles. The normalized spacial score (nSPS) is 25.8. The minimum Gasteiger partial charge on any atom is -0.408 e. The highest BCUT2D eigenvalue weighted by molar-refractivity contribution is 5.97. The van der Waals surface area contributed by atoms with Crippen molar-refractivity contribution in [3.8, 4) is 5.75 Å². The lowest BCUT2D eigenvalue weighted by molar-refractivity contribution is -0.122. The Hall–Kier alpha value is -2.44. The van der Waals surface area contributed by atoms with Gasteiger partial charge in [-0.2, -0.15) is 5.48 Å². The van der Waals surface area contributed by atoms with Gasteiger partial charge < -0.3 is 16.3 Å². The van der Waals surface area contributed by atoms with E-state index in [4.69, 9.17) is 16.3 Å². The van der Waals surface area contributed by atoms with Gasteiger partial charge in [-0.1, -0.05) is 30.4 Å². The van der Waals surface area contributed by atoms with Crippen LogP contribution in [0.5, 0.6) is 5.75 Å². The van der Waals surface area contributed by atoms with Crippen molar-refractivity contribution in [2.24, 2.45) is 17.4 Å². The highest BCUT2D eigenvalue weighted by Gasteiger charge is 2.36. The molecule has 5 N–H and O–H groups in total. The van der Waals surface area contributed by atoms with Gasteiger partial charge in [-0.05, 0) is 43.0 Å². The summed E-state index contributed by atoms with van der Waals surface area (Å²) in [5, 5.41) is 0. The van der Waals surface area contributed by atoms with Crippen molar-refractivity contribution in [3.63, 3.8) is 0 Å². The van der Waals surface area contributed by atoms with Crippen molar-refractivity contribution in [3.05, 3.63) is 53.6 Å². The molecule has 24 heavy (non-hydrogen) atoms. The number of rotatable bonds is 3. The van der Waals surface area contributed by atoms with Crippen LogP contribution in [0.25, 0.3) is 0 Å². The molecule has 6 nitrogen and oxygen atoms in total. The van der Waals surface area contributed by atoms with E-state index in [0.29, 0.717) is 5.57 Å². The van der Waals surface area contributed by atoms with Crippen molar-refractivity contribution in [2.75, 3.05) is 0 Å². The van der Waals surface area contributed by atoms with Crippen molar-refractivity contribution >= 4 is 11.7 Å². The standard InChI is InChI=1S/C18H21N3O3/c1-18(20,17(19)23)12-7-9-15(22)13(10-12)14-8-6-11-4-2-3-5-16(11)24-21-14/h2-5,7,9-10,13-14,21H,6,8,20H2,1H3,(H2,19,23)/t13?,14-,18+/m0/s1. The van der Waals surface area contributed by atoms with Crippen molar-refractivity contribution < 1.29 is 14.4 Å². The molecule has 0 radical (unpaired) electrons. The zero-order chi connectivity index (χ0) is 17.3. The number of nitrogens with one attached hydrogen (secondary N) is 1. The van der Waals surface area contributed by atoms with Crippen LogP contribution < -0.4 is 21.8 Å². The predicted octanol–water partition coefficient (Wildman–Crippen LogP) is 0.769. The molecule has 1 aliphatic carbocycles. The van der Waals surface area contributed by atoms with Gasteiger partial charge in [0.25, 0.3) is 0 Å². The van der Waals surface area contributed by atoms with Gasteiger partial charge in [-0.25, -0.2) is 0 Å².